The van der Waals surface area contributed by atoms with Crippen molar-refractivity contribution in [1.82, 2.24) is 19.9 Å². The Morgan fingerprint density at radius 1 is 1.25 bits per heavy atom. The molecule has 7 nitrogen and oxygen atoms in total. The number of aromatic nitrogens is 2. The molecule has 2 aliphatic heterocycles. The van der Waals surface area contributed by atoms with Crippen molar-refractivity contribution >= 4 is 5.91 Å². The van der Waals surface area contributed by atoms with E-state index < -0.39 is 0 Å². The van der Waals surface area contributed by atoms with Crippen LogP contribution < -0.4 is 0 Å². The lowest BCUT2D eigenvalue weighted by molar-refractivity contribution is -0.134. The average molecular weight is 336 g/mol. The molecule has 1 amide bonds. The molecule has 3 heterocycles. The van der Waals surface area contributed by atoms with E-state index in [2.05, 4.69) is 28.9 Å². The summed E-state index contributed by atoms with van der Waals surface area (Å²) in [6, 6.07) is 0. The Morgan fingerprint density at radius 3 is 2.75 bits per heavy atom. The van der Waals surface area contributed by atoms with Crippen LogP contribution in [0.5, 0.6) is 0 Å². The van der Waals surface area contributed by atoms with Gasteiger partial charge in [-0.2, -0.15) is 4.98 Å². The van der Waals surface area contributed by atoms with Crippen molar-refractivity contribution < 1.29 is 14.1 Å². The number of carbonyl (C=O) groups is 1. The van der Waals surface area contributed by atoms with Crippen LogP contribution >= 0.6 is 0 Å². The number of rotatable bonds is 6. The molecule has 3 rings (SSSR count). The highest BCUT2D eigenvalue weighted by Gasteiger charge is 2.30. The van der Waals surface area contributed by atoms with E-state index in [0.717, 1.165) is 58.1 Å². The van der Waals surface area contributed by atoms with E-state index in [-0.39, 0.29) is 17.7 Å². The lowest BCUT2D eigenvalue weighted by Gasteiger charge is -2.32. The van der Waals surface area contributed by atoms with Crippen LogP contribution in [-0.4, -0.2) is 71.8 Å². The molecule has 1 atom stereocenters. The fraction of sp³-hybridized carbons (Fsp3) is 0.824. The summed E-state index contributed by atoms with van der Waals surface area (Å²) in [5.74, 6) is 2.12. The number of amides is 1. The molecule has 134 valence electrons. The third-order valence-electron chi connectivity index (χ3n) is 4.83. The van der Waals surface area contributed by atoms with E-state index in [0.29, 0.717) is 18.9 Å². The number of ether oxygens (including phenoxy) is 1. The fourth-order valence-corrected chi connectivity index (χ4v) is 3.29. The highest BCUT2D eigenvalue weighted by molar-refractivity contribution is 5.77. The number of carbonyl (C=O) groups excluding carboxylic acids is 1. The molecule has 1 aromatic rings. The summed E-state index contributed by atoms with van der Waals surface area (Å²) in [5.41, 5.74) is 0. The van der Waals surface area contributed by atoms with Crippen molar-refractivity contribution in [1.29, 1.82) is 0 Å². The maximum atomic E-state index is 12.2. The average Bonchev–Trinajstić information content (AvgIpc) is 3.08. The van der Waals surface area contributed by atoms with Gasteiger partial charge in [-0.15, -0.1) is 0 Å². The molecule has 2 aliphatic rings. The smallest absolute Gasteiger partial charge is 0.231 e. The third-order valence-corrected chi connectivity index (χ3v) is 4.83. The van der Waals surface area contributed by atoms with E-state index in [1.807, 2.05) is 4.90 Å². The number of nitrogens with zero attached hydrogens (tertiary/aromatic N) is 4. The Labute approximate surface area is 143 Å². The molecular formula is C17H28N4O3. The van der Waals surface area contributed by atoms with Gasteiger partial charge < -0.3 is 14.2 Å². The molecule has 2 fully saturated rings. The van der Waals surface area contributed by atoms with Gasteiger partial charge >= 0.3 is 0 Å². The fourth-order valence-electron chi connectivity index (χ4n) is 3.29. The third kappa shape index (κ3) is 4.33. The molecule has 0 bridgehead atoms. The Hall–Kier alpha value is -1.47. The predicted octanol–water partition coefficient (Wildman–Crippen LogP) is 1.62. The molecule has 24 heavy (non-hydrogen) atoms. The van der Waals surface area contributed by atoms with Crippen LogP contribution in [0.4, 0.5) is 0 Å². The van der Waals surface area contributed by atoms with Crippen LogP contribution in [-0.2, 0) is 9.53 Å². The molecule has 0 saturated carbocycles. The number of morpholine rings is 1. The van der Waals surface area contributed by atoms with Gasteiger partial charge in [-0.25, -0.2) is 0 Å². The van der Waals surface area contributed by atoms with Crippen LogP contribution in [0.3, 0.4) is 0 Å². The second-order valence-electron chi connectivity index (χ2n) is 7.03. The highest BCUT2D eigenvalue weighted by Crippen LogP contribution is 2.27. The van der Waals surface area contributed by atoms with Crippen LogP contribution in [0.2, 0.25) is 0 Å². The van der Waals surface area contributed by atoms with Crippen molar-refractivity contribution in [3.05, 3.63) is 11.7 Å². The van der Waals surface area contributed by atoms with Gasteiger partial charge in [-0.1, -0.05) is 19.0 Å². The minimum atomic E-state index is 0.172. The van der Waals surface area contributed by atoms with E-state index in [9.17, 15) is 4.79 Å². The van der Waals surface area contributed by atoms with E-state index in [1.165, 1.54) is 0 Å². The van der Waals surface area contributed by atoms with Crippen molar-refractivity contribution in [2.45, 2.75) is 44.9 Å². The van der Waals surface area contributed by atoms with Crippen LogP contribution in [0, 0.1) is 0 Å². The molecule has 0 radical (unpaired) electrons. The van der Waals surface area contributed by atoms with E-state index in [4.69, 9.17) is 9.26 Å². The van der Waals surface area contributed by atoms with Crippen molar-refractivity contribution in [2.24, 2.45) is 0 Å². The van der Waals surface area contributed by atoms with Gasteiger partial charge in [0.25, 0.3) is 0 Å². The molecule has 1 aromatic heterocycles. The monoisotopic (exact) mass is 336 g/mol. The summed E-state index contributed by atoms with van der Waals surface area (Å²) in [7, 11) is 0. The molecule has 0 N–H and O–H groups in total. The molecule has 2 saturated heterocycles. The van der Waals surface area contributed by atoms with Gasteiger partial charge in [-0.3, -0.25) is 9.69 Å². The van der Waals surface area contributed by atoms with Crippen LogP contribution in [0.25, 0.3) is 0 Å². The predicted molar refractivity (Wildman–Crippen MR) is 88.8 cm³/mol. The second kappa shape index (κ2) is 8.07. The SMILES string of the molecule is CC(C)c1noc([C@H]2CCC(=O)N(CCCN3CCOCC3)C2)n1. The summed E-state index contributed by atoms with van der Waals surface area (Å²) < 4.78 is 10.8. The van der Waals surface area contributed by atoms with Crippen molar-refractivity contribution in [3.63, 3.8) is 0 Å². The molecule has 0 aromatic carbocycles. The first-order valence-corrected chi connectivity index (χ1v) is 9.05. The van der Waals surface area contributed by atoms with Crippen LogP contribution in [0.1, 0.15) is 56.7 Å². The van der Waals surface area contributed by atoms with Crippen molar-refractivity contribution in [3.8, 4) is 0 Å². The van der Waals surface area contributed by atoms with E-state index in [1.54, 1.807) is 0 Å². The lowest BCUT2D eigenvalue weighted by Crippen LogP contribution is -2.42. The molecule has 0 aliphatic carbocycles. The van der Waals surface area contributed by atoms with Crippen LogP contribution in [0.15, 0.2) is 4.52 Å². The normalized spacial score (nSPS) is 23.2. The largest absolute Gasteiger partial charge is 0.379 e. The van der Waals surface area contributed by atoms with Gasteiger partial charge in [0.15, 0.2) is 5.82 Å². The summed E-state index contributed by atoms with van der Waals surface area (Å²) in [4.78, 5) is 21.1. The second-order valence-corrected chi connectivity index (χ2v) is 7.03. The van der Waals surface area contributed by atoms with Gasteiger partial charge in [0.05, 0.1) is 19.1 Å². The standard InChI is InChI=1S/C17H28N4O3/c1-13(2)16-18-17(24-19-16)14-4-5-15(22)21(12-14)7-3-6-20-8-10-23-11-9-20/h13-14H,3-12H2,1-2H3/t14-/m0/s1. The number of hydrogen-bond donors (Lipinski definition) is 0. The topological polar surface area (TPSA) is 71.7 Å². The number of likely N-dealkylation sites (tertiary alicyclic amines) is 1. The Bertz CT molecular complexity index is 540. The molecular weight excluding hydrogens is 308 g/mol. The zero-order valence-corrected chi connectivity index (χ0v) is 14.7. The van der Waals surface area contributed by atoms with Crippen molar-refractivity contribution in [2.75, 3.05) is 45.9 Å². The number of hydrogen-bond acceptors (Lipinski definition) is 6. The Balaban J connectivity index is 1.50. The first-order chi connectivity index (χ1) is 11.6. The summed E-state index contributed by atoms with van der Waals surface area (Å²) in [6.45, 7) is 10.3. The first-order valence-electron chi connectivity index (χ1n) is 9.05. The van der Waals surface area contributed by atoms with Gasteiger partial charge in [0.2, 0.25) is 11.8 Å². The van der Waals surface area contributed by atoms with Gasteiger partial charge in [-0.05, 0) is 12.8 Å². The summed E-state index contributed by atoms with van der Waals surface area (Å²) in [6.07, 6.45) is 2.37. The first kappa shape index (κ1) is 17.4. The van der Waals surface area contributed by atoms with E-state index >= 15 is 0 Å². The minimum Gasteiger partial charge on any atom is -0.379 e. The Kier molecular flexibility index (Phi) is 5.84. The maximum Gasteiger partial charge on any atom is 0.231 e. The highest BCUT2D eigenvalue weighted by atomic mass is 16.5. The maximum absolute atomic E-state index is 12.2. The summed E-state index contributed by atoms with van der Waals surface area (Å²) >= 11 is 0. The van der Waals surface area contributed by atoms with Gasteiger partial charge in [0.1, 0.15) is 0 Å². The Morgan fingerprint density at radius 2 is 2.04 bits per heavy atom. The lowest BCUT2D eigenvalue weighted by atomic mass is 9.97. The number of piperidine rings is 1. The zero-order valence-electron chi connectivity index (χ0n) is 14.7. The van der Waals surface area contributed by atoms with Gasteiger partial charge in [0, 0.05) is 45.1 Å². The molecule has 7 heteroatoms. The quantitative estimate of drug-likeness (QED) is 0.786. The summed E-state index contributed by atoms with van der Waals surface area (Å²) in [5, 5.41) is 4.05. The zero-order chi connectivity index (χ0) is 16.9. The molecule has 0 spiro atoms. The molecule has 0 unspecified atom stereocenters. The minimum absolute atomic E-state index is 0.172.